The maximum Gasteiger partial charge on any atom is 0.314 e. The molecule has 0 atom stereocenters. The molecule has 0 aromatic carbocycles. The van der Waals surface area contributed by atoms with Gasteiger partial charge in [-0.05, 0) is 37.5 Å². The Kier molecular flexibility index (Phi) is 14.2. The van der Waals surface area contributed by atoms with Crippen LogP contribution in [0.3, 0.4) is 0 Å². The van der Waals surface area contributed by atoms with Gasteiger partial charge in [-0.2, -0.15) is 0 Å². The average Bonchev–Trinajstić information content (AvgIpc) is 2.49. The maximum absolute atomic E-state index is 11.5. The second kappa shape index (κ2) is 15.1. The van der Waals surface area contributed by atoms with Gasteiger partial charge in [0.05, 0.1) is 0 Å². The maximum atomic E-state index is 11.5. The van der Waals surface area contributed by atoms with E-state index in [0.717, 1.165) is 51.6 Å². The molecule has 0 saturated carbocycles. The molecule has 6 heteroatoms. The summed E-state index contributed by atoms with van der Waals surface area (Å²) in [7, 11) is 0. The molecule has 0 aliphatic heterocycles. The van der Waals surface area contributed by atoms with Crippen molar-refractivity contribution in [1.29, 1.82) is 0 Å². The number of nitrogens with one attached hydrogen (secondary N) is 4. The molecule has 6 nitrogen and oxygen atoms in total. The lowest BCUT2D eigenvalue weighted by Crippen LogP contribution is -2.37. The van der Waals surface area contributed by atoms with Crippen LogP contribution in [0.2, 0.25) is 0 Å². The van der Waals surface area contributed by atoms with Crippen molar-refractivity contribution in [3.8, 4) is 0 Å². The van der Waals surface area contributed by atoms with E-state index in [-0.39, 0.29) is 12.1 Å². The quantitative estimate of drug-likeness (QED) is 0.388. The Morgan fingerprint density at radius 2 is 0.917 bits per heavy atom. The van der Waals surface area contributed by atoms with Gasteiger partial charge in [-0.1, -0.05) is 40.5 Å². The van der Waals surface area contributed by atoms with E-state index in [2.05, 4.69) is 49.0 Å². The minimum Gasteiger partial charge on any atom is -0.338 e. The molecule has 4 amide bonds. The molecule has 0 unspecified atom stereocenters. The summed E-state index contributed by atoms with van der Waals surface area (Å²) in [6.45, 7) is 11.4. The number of carbonyl (C=O) groups is 2. The van der Waals surface area contributed by atoms with Crippen molar-refractivity contribution in [2.75, 3.05) is 26.2 Å². The van der Waals surface area contributed by atoms with E-state index in [9.17, 15) is 9.59 Å². The van der Waals surface area contributed by atoms with Crippen LogP contribution in [0, 0.1) is 11.8 Å². The van der Waals surface area contributed by atoms with E-state index in [1.165, 1.54) is 0 Å². The Hall–Kier alpha value is -1.46. The molecule has 142 valence electrons. The third-order valence-electron chi connectivity index (χ3n) is 3.69. The predicted molar refractivity (Wildman–Crippen MR) is 100 cm³/mol. The summed E-state index contributed by atoms with van der Waals surface area (Å²) in [5.74, 6) is 1.22. The summed E-state index contributed by atoms with van der Waals surface area (Å²) in [4.78, 5) is 23.0. The van der Waals surface area contributed by atoms with E-state index in [1.54, 1.807) is 0 Å². The van der Waals surface area contributed by atoms with Crippen LogP contribution < -0.4 is 21.3 Å². The second-order valence-electron chi connectivity index (χ2n) is 7.14. The highest BCUT2D eigenvalue weighted by Gasteiger charge is 2.01. The summed E-state index contributed by atoms with van der Waals surface area (Å²) < 4.78 is 0. The van der Waals surface area contributed by atoms with Crippen LogP contribution in [0.5, 0.6) is 0 Å². The number of rotatable bonds is 13. The first-order valence-electron chi connectivity index (χ1n) is 9.45. The first kappa shape index (κ1) is 22.5. The first-order valence-corrected chi connectivity index (χ1v) is 9.45. The molecule has 0 aliphatic rings. The number of hydrogen-bond donors (Lipinski definition) is 4. The van der Waals surface area contributed by atoms with Gasteiger partial charge in [0.25, 0.3) is 0 Å². The van der Waals surface area contributed by atoms with Crippen LogP contribution in [-0.2, 0) is 0 Å². The summed E-state index contributed by atoms with van der Waals surface area (Å²) in [6, 6.07) is -0.147. The fourth-order valence-corrected chi connectivity index (χ4v) is 2.08. The zero-order chi connectivity index (χ0) is 18.2. The molecular weight excluding hydrogens is 304 g/mol. The number of unbranched alkanes of at least 4 members (excludes halogenated alkanes) is 3. The highest BCUT2D eigenvalue weighted by Crippen LogP contribution is 1.99. The lowest BCUT2D eigenvalue weighted by molar-refractivity contribution is 0.238. The van der Waals surface area contributed by atoms with Crippen molar-refractivity contribution in [2.24, 2.45) is 11.8 Å². The minimum absolute atomic E-state index is 0.0737. The van der Waals surface area contributed by atoms with Gasteiger partial charge in [-0.3, -0.25) is 0 Å². The van der Waals surface area contributed by atoms with E-state index >= 15 is 0 Å². The van der Waals surface area contributed by atoms with Crippen molar-refractivity contribution >= 4 is 12.1 Å². The Morgan fingerprint density at radius 3 is 1.25 bits per heavy atom. The lowest BCUT2D eigenvalue weighted by Gasteiger charge is -2.09. The molecule has 0 aromatic heterocycles. The van der Waals surface area contributed by atoms with Crippen molar-refractivity contribution in [1.82, 2.24) is 21.3 Å². The van der Waals surface area contributed by atoms with Crippen LogP contribution in [0.25, 0.3) is 0 Å². The lowest BCUT2D eigenvalue weighted by atomic mass is 10.1. The van der Waals surface area contributed by atoms with Crippen molar-refractivity contribution in [3.05, 3.63) is 0 Å². The monoisotopic (exact) mass is 342 g/mol. The largest absolute Gasteiger partial charge is 0.338 e. The van der Waals surface area contributed by atoms with Crippen LogP contribution in [0.1, 0.15) is 66.2 Å². The van der Waals surface area contributed by atoms with E-state index in [4.69, 9.17) is 0 Å². The smallest absolute Gasteiger partial charge is 0.314 e. The fraction of sp³-hybridized carbons (Fsp3) is 0.889. The van der Waals surface area contributed by atoms with E-state index < -0.39 is 0 Å². The standard InChI is InChI=1S/C18H38N4O2/c1-15(2)9-13-21-17(23)19-11-7-5-6-8-12-20-18(24)22-14-10-16(3)4/h15-16H,5-14H2,1-4H3,(H2,19,21,23)(H2,20,22,24). The second-order valence-corrected chi connectivity index (χ2v) is 7.14. The fourth-order valence-electron chi connectivity index (χ4n) is 2.08. The van der Waals surface area contributed by atoms with Gasteiger partial charge in [0.15, 0.2) is 0 Å². The molecule has 4 N–H and O–H groups in total. The Balaban J connectivity index is 3.30. The predicted octanol–water partition coefficient (Wildman–Crippen LogP) is 3.24. The molecule has 0 aliphatic carbocycles. The Bertz CT molecular complexity index is 301. The molecule has 0 fully saturated rings. The third-order valence-corrected chi connectivity index (χ3v) is 3.69. The molecule has 0 rings (SSSR count). The van der Waals surface area contributed by atoms with Gasteiger partial charge < -0.3 is 21.3 Å². The highest BCUT2D eigenvalue weighted by molar-refractivity contribution is 5.74. The summed E-state index contributed by atoms with van der Waals surface area (Å²) in [5, 5.41) is 11.4. The summed E-state index contributed by atoms with van der Waals surface area (Å²) >= 11 is 0. The molecule has 0 radical (unpaired) electrons. The molecular formula is C18H38N4O2. The van der Waals surface area contributed by atoms with E-state index in [0.29, 0.717) is 24.9 Å². The van der Waals surface area contributed by atoms with Crippen LogP contribution in [0.4, 0.5) is 9.59 Å². The van der Waals surface area contributed by atoms with Crippen LogP contribution in [-0.4, -0.2) is 38.2 Å². The van der Waals surface area contributed by atoms with Gasteiger partial charge in [0.2, 0.25) is 0 Å². The normalized spacial score (nSPS) is 10.8. The number of hydrogen-bond acceptors (Lipinski definition) is 2. The molecule has 0 bridgehead atoms. The molecule has 0 saturated heterocycles. The topological polar surface area (TPSA) is 82.3 Å². The van der Waals surface area contributed by atoms with Crippen LogP contribution >= 0.6 is 0 Å². The number of urea groups is 2. The van der Waals surface area contributed by atoms with Crippen molar-refractivity contribution in [3.63, 3.8) is 0 Å². The zero-order valence-electron chi connectivity index (χ0n) is 16.0. The van der Waals surface area contributed by atoms with Crippen LogP contribution in [0.15, 0.2) is 0 Å². The first-order chi connectivity index (χ1) is 11.4. The number of amides is 4. The van der Waals surface area contributed by atoms with Crippen molar-refractivity contribution < 1.29 is 9.59 Å². The van der Waals surface area contributed by atoms with Gasteiger partial charge >= 0.3 is 12.1 Å². The molecule has 0 spiro atoms. The highest BCUT2D eigenvalue weighted by atomic mass is 16.2. The van der Waals surface area contributed by atoms with Gasteiger partial charge in [-0.15, -0.1) is 0 Å². The van der Waals surface area contributed by atoms with Gasteiger partial charge in [0.1, 0.15) is 0 Å². The molecule has 24 heavy (non-hydrogen) atoms. The zero-order valence-corrected chi connectivity index (χ0v) is 16.0. The average molecular weight is 343 g/mol. The molecule has 0 aromatic rings. The minimum atomic E-state index is -0.0737. The summed E-state index contributed by atoms with van der Waals surface area (Å²) in [5.41, 5.74) is 0. The Labute approximate surface area is 147 Å². The third kappa shape index (κ3) is 16.9. The number of carbonyl (C=O) groups excluding carboxylic acids is 2. The SMILES string of the molecule is CC(C)CCNC(=O)NCCCCCCNC(=O)NCCC(C)C. The van der Waals surface area contributed by atoms with E-state index in [1.807, 2.05) is 0 Å². The van der Waals surface area contributed by atoms with Crippen molar-refractivity contribution in [2.45, 2.75) is 66.2 Å². The van der Waals surface area contributed by atoms with Gasteiger partial charge in [0, 0.05) is 26.2 Å². The summed E-state index contributed by atoms with van der Waals surface area (Å²) in [6.07, 6.45) is 6.07. The molecule has 0 heterocycles. The van der Waals surface area contributed by atoms with Gasteiger partial charge in [-0.25, -0.2) is 9.59 Å². The Morgan fingerprint density at radius 1 is 0.583 bits per heavy atom.